The molecule has 1 saturated heterocycles. The zero-order valence-electron chi connectivity index (χ0n) is 13.8. The SMILES string of the molecule is Cc1nnc(C)n1/N=C\c1ccc(N2CCCCC2)c([N+](=O)[O-])c1. The van der Waals surface area contributed by atoms with Gasteiger partial charge in [-0.2, -0.15) is 5.10 Å². The lowest BCUT2D eigenvalue weighted by Gasteiger charge is -2.28. The van der Waals surface area contributed by atoms with Gasteiger partial charge in [-0.25, -0.2) is 4.68 Å². The zero-order chi connectivity index (χ0) is 17.1. The van der Waals surface area contributed by atoms with Crippen molar-refractivity contribution in [1.82, 2.24) is 14.9 Å². The van der Waals surface area contributed by atoms with E-state index in [9.17, 15) is 10.1 Å². The molecule has 0 saturated carbocycles. The monoisotopic (exact) mass is 328 g/mol. The van der Waals surface area contributed by atoms with Gasteiger partial charge >= 0.3 is 0 Å². The van der Waals surface area contributed by atoms with Gasteiger partial charge in [0.25, 0.3) is 5.69 Å². The van der Waals surface area contributed by atoms with Crippen LogP contribution in [0.1, 0.15) is 36.5 Å². The molecule has 0 aliphatic carbocycles. The summed E-state index contributed by atoms with van der Waals surface area (Å²) in [7, 11) is 0. The van der Waals surface area contributed by atoms with Crippen LogP contribution in [0.2, 0.25) is 0 Å². The number of aromatic nitrogens is 3. The molecule has 126 valence electrons. The molecular formula is C16H20N6O2. The number of hydrogen-bond donors (Lipinski definition) is 0. The van der Waals surface area contributed by atoms with E-state index in [1.54, 1.807) is 30.8 Å². The van der Waals surface area contributed by atoms with Crippen LogP contribution < -0.4 is 4.90 Å². The van der Waals surface area contributed by atoms with Crippen molar-refractivity contribution in [3.05, 3.63) is 45.5 Å². The first kappa shape index (κ1) is 16.1. The van der Waals surface area contributed by atoms with E-state index >= 15 is 0 Å². The maximum atomic E-state index is 11.5. The first-order valence-corrected chi connectivity index (χ1v) is 8.02. The van der Waals surface area contributed by atoms with Gasteiger partial charge in [0, 0.05) is 24.7 Å². The van der Waals surface area contributed by atoms with Crippen molar-refractivity contribution in [1.29, 1.82) is 0 Å². The Morgan fingerprint density at radius 1 is 1.17 bits per heavy atom. The highest BCUT2D eigenvalue weighted by Gasteiger charge is 2.21. The highest BCUT2D eigenvalue weighted by atomic mass is 16.6. The number of anilines is 1. The lowest BCUT2D eigenvalue weighted by molar-refractivity contribution is -0.384. The van der Waals surface area contributed by atoms with E-state index in [1.165, 1.54) is 6.42 Å². The fourth-order valence-corrected chi connectivity index (χ4v) is 2.92. The van der Waals surface area contributed by atoms with Gasteiger partial charge in [-0.1, -0.05) is 6.07 Å². The Kier molecular flexibility index (Phi) is 4.54. The van der Waals surface area contributed by atoms with Crippen molar-refractivity contribution in [2.24, 2.45) is 5.10 Å². The van der Waals surface area contributed by atoms with Crippen LogP contribution in [0.3, 0.4) is 0 Å². The number of benzene rings is 1. The van der Waals surface area contributed by atoms with Crippen LogP contribution in [-0.4, -0.2) is 39.1 Å². The third kappa shape index (κ3) is 3.27. The molecule has 0 spiro atoms. The van der Waals surface area contributed by atoms with Crippen LogP contribution in [0.15, 0.2) is 23.3 Å². The van der Waals surface area contributed by atoms with E-state index in [1.807, 2.05) is 12.1 Å². The summed E-state index contributed by atoms with van der Waals surface area (Å²) in [5, 5.41) is 23.6. The minimum Gasteiger partial charge on any atom is -0.366 e. The number of piperidine rings is 1. The Balaban J connectivity index is 1.90. The molecular weight excluding hydrogens is 308 g/mol. The minimum atomic E-state index is -0.323. The minimum absolute atomic E-state index is 0.123. The molecule has 1 aliphatic heterocycles. The van der Waals surface area contributed by atoms with Crippen LogP contribution in [0.25, 0.3) is 0 Å². The Bertz CT molecular complexity index is 757. The van der Waals surface area contributed by atoms with E-state index in [0.717, 1.165) is 25.9 Å². The smallest absolute Gasteiger partial charge is 0.293 e. The maximum absolute atomic E-state index is 11.5. The first-order valence-electron chi connectivity index (χ1n) is 8.02. The number of nitro groups is 1. The van der Waals surface area contributed by atoms with Crippen molar-refractivity contribution in [3.8, 4) is 0 Å². The summed E-state index contributed by atoms with van der Waals surface area (Å²) >= 11 is 0. The summed E-state index contributed by atoms with van der Waals surface area (Å²) in [4.78, 5) is 13.2. The van der Waals surface area contributed by atoms with Gasteiger partial charge in [-0.05, 0) is 39.2 Å². The fourth-order valence-electron chi connectivity index (χ4n) is 2.92. The summed E-state index contributed by atoms with van der Waals surface area (Å²) in [6.45, 7) is 5.35. The summed E-state index contributed by atoms with van der Waals surface area (Å²) in [5.41, 5.74) is 1.49. The number of rotatable bonds is 4. The van der Waals surface area contributed by atoms with Crippen LogP contribution in [-0.2, 0) is 0 Å². The molecule has 1 fully saturated rings. The summed E-state index contributed by atoms with van der Waals surface area (Å²) < 4.78 is 1.60. The second-order valence-corrected chi connectivity index (χ2v) is 5.90. The fraction of sp³-hybridized carbons (Fsp3) is 0.438. The number of aryl methyl sites for hydroxylation is 2. The first-order chi connectivity index (χ1) is 11.6. The topological polar surface area (TPSA) is 89.5 Å². The molecule has 1 aromatic heterocycles. The summed E-state index contributed by atoms with van der Waals surface area (Å²) in [5.74, 6) is 1.34. The maximum Gasteiger partial charge on any atom is 0.293 e. The molecule has 0 unspecified atom stereocenters. The van der Waals surface area contributed by atoms with E-state index in [2.05, 4.69) is 20.2 Å². The van der Waals surface area contributed by atoms with E-state index < -0.39 is 0 Å². The third-order valence-electron chi connectivity index (χ3n) is 4.17. The second-order valence-electron chi connectivity index (χ2n) is 5.90. The molecule has 2 heterocycles. The second kappa shape index (κ2) is 6.77. The molecule has 3 rings (SSSR count). The van der Waals surface area contributed by atoms with E-state index in [0.29, 0.717) is 22.9 Å². The predicted octanol–water partition coefficient (Wildman–Crippen LogP) is 2.68. The highest BCUT2D eigenvalue weighted by molar-refractivity contribution is 5.83. The Morgan fingerprint density at radius 3 is 2.46 bits per heavy atom. The van der Waals surface area contributed by atoms with Crippen LogP contribution in [0.4, 0.5) is 11.4 Å². The Labute approximate surface area is 140 Å². The van der Waals surface area contributed by atoms with E-state index in [-0.39, 0.29) is 10.6 Å². The largest absolute Gasteiger partial charge is 0.366 e. The zero-order valence-corrected chi connectivity index (χ0v) is 13.8. The molecule has 1 aliphatic rings. The molecule has 0 bridgehead atoms. The van der Waals surface area contributed by atoms with Crippen molar-refractivity contribution in [2.45, 2.75) is 33.1 Å². The standard InChI is InChI=1S/C16H20N6O2/c1-12-18-19-13(2)21(12)17-11-14-6-7-15(16(10-14)22(23)24)20-8-4-3-5-9-20/h6-7,10-11H,3-5,8-9H2,1-2H3/b17-11-. The molecule has 24 heavy (non-hydrogen) atoms. The molecule has 1 aromatic carbocycles. The number of hydrogen-bond acceptors (Lipinski definition) is 6. The van der Waals surface area contributed by atoms with Crippen molar-refractivity contribution >= 4 is 17.6 Å². The van der Waals surface area contributed by atoms with Crippen molar-refractivity contribution < 1.29 is 4.92 Å². The van der Waals surface area contributed by atoms with Crippen LogP contribution in [0, 0.1) is 24.0 Å². The van der Waals surface area contributed by atoms with Crippen LogP contribution in [0.5, 0.6) is 0 Å². The Hall–Kier alpha value is -2.77. The van der Waals surface area contributed by atoms with Gasteiger partial charge in [0.05, 0.1) is 11.1 Å². The molecule has 0 amide bonds. The number of nitrogens with zero attached hydrogens (tertiary/aromatic N) is 6. The normalized spacial score (nSPS) is 15.2. The van der Waals surface area contributed by atoms with Crippen molar-refractivity contribution in [2.75, 3.05) is 18.0 Å². The van der Waals surface area contributed by atoms with Gasteiger partial charge in [-0.15, -0.1) is 10.2 Å². The highest BCUT2D eigenvalue weighted by Crippen LogP contribution is 2.30. The molecule has 0 atom stereocenters. The predicted molar refractivity (Wildman–Crippen MR) is 91.6 cm³/mol. The van der Waals surface area contributed by atoms with Crippen LogP contribution >= 0.6 is 0 Å². The lowest BCUT2D eigenvalue weighted by atomic mass is 10.1. The molecule has 2 aromatic rings. The van der Waals surface area contributed by atoms with Gasteiger partial charge in [-0.3, -0.25) is 10.1 Å². The average Bonchev–Trinajstić information content (AvgIpc) is 2.92. The van der Waals surface area contributed by atoms with Gasteiger partial charge in [0.15, 0.2) is 11.6 Å². The lowest BCUT2D eigenvalue weighted by Crippen LogP contribution is -2.29. The molecule has 0 N–H and O–H groups in total. The van der Waals surface area contributed by atoms with E-state index in [4.69, 9.17) is 0 Å². The Morgan fingerprint density at radius 2 is 1.83 bits per heavy atom. The quantitative estimate of drug-likeness (QED) is 0.489. The number of nitro benzene ring substituents is 1. The van der Waals surface area contributed by atoms with Gasteiger partial charge in [0.1, 0.15) is 5.69 Å². The molecule has 8 nitrogen and oxygen atoms in total. The third-order valence-corrected chi connectivity index (χ3v) is 4.17. The van der Waals surface area contributed by atoms with Gasteiger partial charge in [0.2, 0.25) is 0 Å². The summed E-state index contributed by atoms with van der Waals surface area (Å²) in [6, 6.07) is 5.24. The molecule has 0 radical (unpaired) electrons. The average molecular weight is 328 g/mol. The summed E-state index contributed by atoms with van der Waals surface area (Å²) in [6.07, 6.45) is 4.93. The van der Waals surface area contributed by atoms with Gasteiger partial charge < -0.3 is 4.90 Å². The molecule has 8 heteroatoms. The van der Waals surface area contributed by atoms with Crippen molar-refractivity contribution in [3.63, 3.8) is 0 Å².